The molecule has 1 unspecified atom stereocenters. The van der Waals surface area contributed by atoms with Crippen molar-refractivity contribution in [1.29, 1.82) is 0 Å². The highest BCUT2D eigenvalue weighted by atomic mass is 14.3. The maximum Gasteiger partial charge on any atom is -0.0263 e. The van der Waals surface area contributed by atoms with Gasteiger partial charge in [-0.25, -0.2) is 0 Å². The highest BCUT2D eigenvalue weighted by Crippen LogP contribution is 2.34. The summed E-state index contributed by atoms with van der Waals surface area (Å²) in [6.45, 7) is 18.1. The van der Waals surface area contributed by atoms with Crippen LogP contribution in [-0.4, -0.2) is 0 Å². The van der Waals surface area contributed by atoms with Crippen LogP contribution in [0.25, 0.3) is 0 Å². The first-order valence-electron chi connectivity index (χ1n) is 6.49. The van der Waals surface area contributed by atoms with Gasteiger partial charge in [0.05, 0.1) is 0 Å². The average Bonchev–Trinajstić information content (AvgIpc) is 2.15. The molecule has 0 saturated carbocycles. The summed E-state index contributed by atoms with van der Waals surface area (Å²) in [5, 5.41) is 0. The Morgan fingerprint density at radius 1 is 1.20 bits per heavy atom. The van der Waals surface area contributed by atoms with E-state index < -0.39 is 0 Å². The molecule has 0 heterocycles. The van der Waals surface area contributed by atoms with Crippen LogP contribution in [0.2, 0.25) is 0 Å². The Labute approximate surface area is 97.2 Å². The summed E-state index contributed by atoms with van der Waals surface area (Å²) in [7, 11) is 0. The minimum atomic E-state index is 0.492. The fourth-order valence-electron chi connectivity index (χ4n) is 1.86. The van der Waals surface area contributed by atoms with E-state index in [0.717, 1.165) is 5.92 Å². The van der Waals surface area contributed by atoms with Crippen LogP contribution >= 0.6 is 0 Å². The molecule has 0 saturated heterocycles. The number of allylic oxidation sites excluding steroid dienone is 1. The molecule has 0 amide bonds. The van der Waals surface area contributed by atoms with Gasteiger partial charge in [-0.2, -0.15) is 0 Å². The second kappa shape index (κ2) is 6.35. The third-order valence-electron chi connectivity index (χ3n) is 4.08. The van der Waals surface area contributed by atoms with Gasteiger partial charge in [-0.1, -0.05) is 60.1 Å². The number of rotatable bonds is 7. The summed E-state index contributed by atoms with van der Waals surface area (Å²) in [6, 6.07) is 0. The molecule has 0 spiro atoms. The van der Waals surface area contributed by atoms with Gasteiger partial charge in [-0.3, -0.25) is 0 Å². The summed E-state index contributed by atoms with van der Waals surface area (Å²) in [6.07, 6.45) is 5.12. The van der Waals surface area contributed by atoms with E-state index in [1.165, 1.54) is 31.3 Å². The molecule has 1 atom stereocenters. The lowest BCUT2D eigenvalue weighted by Gasteiger charge is -2.31. The van der Waals surface area contributed by atoms with Gasteiger partial charge in [0.15, 0.2) is 0 Å². The Morgan fingerprint density at radius 3 is 2.13 bits per heavy atom. The molecule has 0 aromatic heterocycles. The third-order valence-corrected chi connectivity index (χ3v) is 4.08. The van der Waals surface area contributed by atoms with Crippen molar-refractivity contribution in [2.45, 2.75) is 67.2 Å². The smallest absolute Gasteiger partial charge is 0.0263 e. The van der Waals surface area contributed by atoms with Gasteiger partial charge in [-0.05, 0) is 36.5 Å². The molecule has 90 valence electrons. The quantitative estimate of drug-likeness (QED) is 0.491. The zero-order valence-electron chi connectivity index (χ0n) is 11.7. The van der Waals surface area contributed by atoms with E-state index in [-0.39, 0.29) is 0 Å². The van der Waals surface area contributed by atoms with E-state index in [9.17, 15) is 0 Å². The molecule has 0 aliphatic heterocycles. The highest BCUT2D eigenvalue weighted by Gasteiger charge is 2.23. The van der Waals surface area contributed by atoms with Crippen molar-refractivity contribution in [3.8, 4) is 0 Å². The van der Waals surface area contributed by atoms with E-state index >= 15 is 0 Å². The maximum absolute atomic E-state index is 4.14. The van der Waals surface area contributed by atoms with E-state index in [1.54, 1.807) is 0 Å². The summed E-state index contributed by atoms with van der Waals surface area (Å²) >= 11 is 0. The van der Waals surface area contributed by atoms with E-state index in [2.05, 4.69) is 48.1 Å². The first-order valence-corrected chi connectivity index (χ1v) is 6.49. The zero-order valence-corrected chi connectivity index (χ0v) is 11.7. The fraction of sp³-hybridized carbons (Fsp3) is 0.867. The fourth-order valence-corrected chi connectivity index (χ4v) is 1.86. The van der Waals surface area contributed by atoms with Crippen molar-refractivity contribution in [1.82, 2.24) is 0 Å². The van der Waals surface area contributed by atoms with E-state index in [4.69, 9.17) is 0 Å². The van der Waals surface area contributed by atoms with Crippen LogP contribution in [0.4, 0.5) is 0 Å². The summed E-state index contributed by atoms with van der Waals surface area (Å²) in [5.41, 5.74) is 1.90. The van der Waals surface area contributed by atoms with Crippen LogP contribution in [0, 0.1) is 17.3 Å². The SMILES string of the molecule is C=C(CCCC(C)(C)C(C)CC)C(C)C. The van der Waals surface area contributed by atoms with Crippen molar-refractivity contribution >= 4 is 0 Å². The molecule has 0 heteroatoms. The van der Waals surface area contributed by atoms with Crippen molar-refractivity contribution < 1.29 is 0 Å². The molecule has 0 aliphatic rings. The second-order valence-electron chi connectivity index (χ2n) is 5.96. The molecule has 0 radical (unpaired) electrons. The van der Waals surface area contributed by atoms with Crippen LogP contribution < -0.4 is 0 Å². The molecule has 0 fully saturated rings. The molecule has 0 rings (SSSR count). The Hall–Kier alpha value is -0.260. The summed E-state index contributed by atoms with van der Waals surface area (Å²) < 4.78 is 0. The summed E-state index contributed by atoms with van der Waals surface area (Å²) in [4.78, 5) is 0. The molecule has 0 aromatic carbocycles. The van der Waals surface area contributed by atoms with E-state index in [0.29, 0.717) is 11.3 Å². The first kappa shape index (κ1) is 14.7. The van der Waals surface area contributed by atoms with Crippen LogP contribution in [0.5, 0.6) is 0 Å². The van der Waals surface area contributed by atoms with Gasteiger partial charge in [0.2, 0.25) is 0 Å². The number of hydrogen-bond acceptors (Lipinski definition) is 0. The van der Waals surface area contributed by atoms with Crippen molar-refractivity contribution in [2.24, 2.45) is 17.3 Å². The van der Waals surface area contributed by atoms with Crippen molar-refractivity contribution in [3.05, 3.63) is 12.2 Å². The minimum Gasteiger partial charge on any atom is -0.0996 e. The van der Waals surface area contributed by atoms with Crippen molar-refractivity contribution in [2.75, 3.05) is 0 Å². The van der Waals surface area contributed by atoms with Crippen LogP contribution in [0.15, 0.2) is 12.2 Å². The third kappa shape index (κ3) is 5.39. The largest absolute Gasteiger partial charge is 0.0996 e. The molecule has 15 heavy (non-hydrogen) atoms. The lowest BCUT2D eigenvalue weighted by Crippen LogP contribution is -2.21. The van der Waals surface area contributed by atoms with Crippen molar-refractivity contribution in [3.63, 3.8) is 0 Å². The number of hydrogen-bond donors (Lipinski definition) is 0. The Bertz CT molecular complexity index is 186. The van der Waals surface area contributed by atoms with Gasteiger partial charge in [0.25, 0.3) is 0 Å². The van der Waals surface area contributed by atoms with Gasteiger partial charge in [-0.15, -0.1) is 0 Å². The monoisotopic (exact) mass is 210 g/mol. The first-order chi connectivity index (χ1) is 6.81. The Balaban J connectivity index is 3.90. The lowest BCUT2D eigenvalue weighted by atomic mass is 9.74. The molecule has 0 aliphatic carbocycles. The average molecular weight is 210 g/mol. The summed E-state index contributed by atoms with van der Waals surface area (Å²) in [5.74, 6) is 1.47. The predicted molar refractivity (Wildman–Crippen MR) is 71.1 cm³/mol. The molecule has 0 nitrogen and oxygen atoms in total. The topological polar surface area (TPSA) is 0 Å². The zero-order chi connectivity index (χ0) is 12.1. The van der Waals surface area contributed by atoms with Gasteiger partial charge >= 0.3 is 0 Å². The second-order valence-corrected chi connectivity index (χ2v) is 5.96. The standard InChI is InChI=1S/C15H30/c1-8-14(5)15(6,7)11-9-10-13(4)12(2)3/h12,14H,4,8-11H2,1-3,5-7H3. The van der Waals surface area contributed by atoms with E-state index in [1.807, 2.05) is 0 Å². The molecule has 0 N–H and O–H groups in total. The van der Waals surface area contributed by atoms with Gasteiger partial charge in [0.1, 0.15) is 0 Å². The van der Waals surface area contributed by atoms with Crippen LogP contribution in [-0.2, 0) is 0 Å². The van der Waals surface area contributed by atoms with Gasteiger partial charge in [0, 0.05) is 0 Å². The normalized spacial score (nSPS) is 14.3. The van der Waals surface area contributed by atoms with Crippen LogP contribution in [0.3, 0.4) is 0 Å². The molecule has 0 aromatic rings. The van der Waals surface area contributed by atoms with Crippen LogP contribution in [0.1, 0.15) is 67.2 Å². The minimum absolute atomic E-state index is 0.492. The highest BCUT2D eigenvalue weighted by molar-refractivity contribution is 4.97. The Morgan fingerprint density at radius 2 is 1.73 bits per heavy atom. The lowest BCUT2D eigenvalue weighted by molar-refractivity contribution is 0.201. The Kier molecular flexibility index (Phi) is 6.24. The molecular formula is C15H30. The molecular weight excluding hydrogens is 180 g/mol. The maximum atomic E-state index is 4.14. The predicted octanol–water partition coefficient (Wildman–Crippen LogP) is 5.44. The molecule has 0 bridgehead atoms. The van der Waals surface area contributed by atoms with Gasteiger partial charge < -0.3 is 0 Å².